The van der Waals surface area contributed by atoms with Gasteiger partial charge in [-0.3, -0.25) is 14.4 Å². The number of nitrogens with zero attached hydrogens (tertiary/aromatic N) is 1. The first-order valence-electron chi connectivity index (χ1n) is 11.5. The number of phenols is 1. The zero-order valence-corrected chi connectivity index (χ0v) is 21.6. The van der Waals surface area contributed by atoms with Crippen molar-refractivity contribution in [1.29, 1.82) is 0 Å². The lowest BCUT2D eigenvalue weighted by Gasteiger charge is -2.27. The molecule has 0 saturated carbocycles. The summed E-state index contributed by atoms with van der Waals surface area (Å²) in [4.78, 5) is 39.6. The average molecular weight is 516 g/mol. The number of aromatic nitrogens is 1. The second-order valence-corrected chi connectivity index (χ2v) is 10.3. The zero-order chi connectivity index (χ0) is 26.6. The molecule has 10 heteroatoms. The third-order valence-electron chi connectivity index (χ3n) is 5.57. The van der Waals surface area contributed by atoms with Gasteiger partial charge in [-0.1, -0.05) is 57.4 Å². The van der Waals surface area contributed by atoms with Gasteiger partial charge >= 0.3 is 0 Å². The molecule has 2 amide bonds. The van der Waals surface area contributed by atoms with Crippen molar-refractivity contribution in [1.82, 2.24) is 15.8 Å². The topological polar surface area (TPSA) is 135 Å². The predicted molar refractivity (Wildman–Crippen MR) is 133 cm³/mol. The first-order valence-corrected chi connectivity index (χ1v) is 11.9. The summed E-state index contributed by atoms with van der Waals surface area (Å²) in [6.45, 7) is 9.06. The number of aromatic hydroxyl groups is 1. The molecular weight excluding hydrogens is 486 g/mol. The number of furan rings is 1. The summed E-state index contributed by atoms with van der Waals surface area (Å²) in [6.07, 6.45) is 2.85. The number of amides is 2. The van der Waals surface area contributed by atoms with Gasteiger partial charge in [0.25, 0.3) is 5.91 Å². The molecule has 2 aromatic heterocycles. The van der Waals surface area contributed by atoms with Crippen LogP contribution < -0.4 is 10.6 Å². The van der Waals surface area contributed by atoms with E-state index in [1.165, 1.54) is 30.7 Å². The Kier molecular flexibility index (Phi) is 8.24. The molecule has 0 aliphatic heterocycles. The number of carbonyl (C=O) groups is 3. The number of hydrogen-bond donors (Lipinski definition) is 3. The summed E-state index contributed by atoms with van der Waals surface area (Å²) in [7, 11) is 0. The maximum absolute atomic E-state index is 13.5. The van der Waals surface area contributed by atoms with Crippen LogP contribution >= 0.6 is 11.6 Å². The fourth-order valence-corrected chi connectivity index (χ4v) is 3.64. The van der Waals surface area contributed by atoms with Crippen LogP contribution in [0, 0.1) is 5.41 Å². The Bertz CT molecular complexity index is 1230. The lowest BCUT2D eigenvalue weighted by molar-refractivity contribution is -0.133. The van der Waals surface area contributed by atoms with Crippen LogP contribution in [0.4, 0.5) is 0 Å². The van der Waals surface area contributed by atoms with E-state index < -0.39 is 29.3 Å². The standard InChI is InChI=1S/C26H30ClN3O6/c1-14(2)21-12-19(30-36-21)25(34)28-18(11-15-6-7-20(31)17(27)10-15)24(33)29-22(16-8-9-35-13-16)23(32)26(3,4)5/h6-10,12-14,18,22,31H,11H2,1-5H3,(H,28,34)(H,29,33)/t18-,22-/m0/s1. The predicted octanol–water partition coefficient (Wildman–Crippen LogP) is 4.56. The average Bonchev–Trinajstić information content (AvgIpc) is 3.51. The Morgan fingerprint density at radius 3 is 2.39 bits per heavy atom. The van der Waals surface area contributed by atoms with Crippen molar-refractivity contribution in [3.63, 3.8) is 0 Å². The third-order valence-corrected chi connectivity index (χ3v) is 5.87. The minimum absolute atomic E-state index is 0.0245. The van der Waals surface area contributed by atoms with Gasteiger partial charge in [0.15, 0.2) is 11.5 Å². The van der Waals surface area contributed by atoms with E-state index in [0.29, 0.717) is 16.9 Å². The minimum Gasteiger partial charge on any atom is -0.506 e. The van der Waals surface area contributed by atoms with Crippen LogP contribution in [0.3, 0.4) is 0 Å². The van der Waals surface area contributed by atoms with Gasteiger partial charge in [0.05, 0.1) is 17.5 Å². The van der Waals surface area contributed by atoms with Crippen molar-refractivity contribution in [2.24, 2.45) is 5.41 Å². The summed E-state index contributed by atoms with van der Waals surface area (Å²) >= 11 is 6.04. The van der Waals surface area contributed by atoms with Gasteiger partial charge in [0.1, 0.15) is 23.6 Å². The monoisotopic (exact) mass is 515 g/mol. The molecule has 2 atom stereocenters. The molecule has 0 unspecified atom stereocenters. The summed E-state index contributed by atoms with van der Waals surface area (Å²) < 4.78 is 10.3. The van der Waals surface area contributed by atoms with Crippen molar-refractivity contribution in [3.05, 3.63) is 70.5 Å². The molecule has 3 aromatic rings. The Morgan fingerprint density at radius 2 is 1.83 bits per heavy atom. The van der Waals surface area contributed by atoms with Gasteiger partial charge in [-0.05, 0) is 23.8 Å². The van der Waals surface area contributed by atoms with Crippen molar-refractivity contribution >= 4 is 29.2 Å². The molecule has 3 rings (SSSR count). The number of halogens is 1. The number of ketones is 1. The Morgan fingerprint density at radius 1 is 1.11 bits per heavy atom. The molecule has 0 aliphatic rings. The summed E-state index contributed by atoms with van der Waals surface area (Å²) in [6, 6.07) is 5.53. The van der Waals surface area contributed by atoms with Crippen LogP contribution in [-0.4, -0.2) is 33.9 Å². The van der Waals surface area contributed by atoms with E-state index in [4.69, 9.17) is 20.5 Å². The van der Waals surface area contributed by atoms with Crippen LogP contribution in [0.15, 0.2) is 51.8 Å². The van der Waals surface area contributed by atoms with Gasteiger partial charge in [-0.2, -0.15) is 0 Å². The highest BCUT2D eigenvalue weighted by Crippen LogP contribution is 2.27. The number of carbonyl (C=O) groups excluding carboxylic acids is 3. The summed E-state index contributed by atoms with van der Waals surface area (Å²) in [5.74, 6) is -0.988. The van der Waals surface area contributed by atoms with Crippen molar-refractivity contribution in [2.45, 2.75) is 59.0 Å². The van der Waals surface area contributed by atoms with E-state index in [1.807, 2.05) is 13.8 Å². The molecular formula is C26H30ClN3O6. The van der Waals surface area contributed by atoms with Crippen LogP contribution in [0.25, 0.3) is 0 Å². The van der Waals surface area contributed by atoms with Crippen LogP contribution in [-0.2, 0) is 16.0 Å². The number of rotatable bonds is 9. The molecule has 0 aliphatic carbocycles. The van der Waals surface area contributed by atoms with E-state index in [0.717, 1.165) is 0 Å². The Balaban J connectivity index is 1.90. The van der Waals surface area contributed by atoms with Gasteiger partial charge in [0, 0.05) is 29.4 Å². The fraction of sp³-hybridized carbons (Fsp3) is 0.385. The quantitative estimate of drug-likeness (QED) is 0.380. The van der Waals surface area contributed by atoms with E-state index in [9.17, 15) is 19.5 Å². The summed E-state index contributed by atoms with van der Waals surface area (Å²) in [5, 5.41) is 19.1. The molecule has 9 nitrogen and oxygen atoms in total. The molecule has 1 aromatic carbocycles. The van der Waals surface area contributed by atoms with Gasteiger partial charge in [-0.15, -0.1) is 0 Å². The largest absolute Gasteiger partial charge is 0.506 e. The Hall–Kier alpha value is -3.59. The molecule has 2 heterocycles. The minimum atomic E-state index is -1.10. The highest BCUT2D eigenvalue weighted by molar-refractivity contribution is 6.32. The molecule has 0 radical (unpaired) electrons. The molecule has 0 fully saturated rings. The molecule has 3 N–H and O–H groups in total. The highest BCUT2D eigenvalue weighted by atomic mass is 35.5. The molecule has 0 spiro atoms. The fourth-order valence-electron chi connectivity index (χ4n) is 3.44. The second-order valence-electron chi connectivity index (χ2n) is 9.90. The maximum Gasteiger partial charge on any atom is 0.274 e. The first kappa shape index (κ1) is 27.0. The van der Waals surface area contributed by atoms with Crippen molar-refractivity contribution in [2.75, 3.05) is 0 Å². The van der Waals surface area contributed by atoms with E-state index >= 15 is 0 Å². The number of benzene rings is 1. The lowest BCUT2D eigenvalue weighted by atomic mass is 9.84. The molecule has 192 valence electrons. The van der Waals surface area contributed by atoms with Crippen molar-refractivity contribution < 1.29 is 28.4 Å². The highest BCUT2D eigenvalue weighted by Gasteiger charge is 2.35. The number of hydrogen-bond acceptors (Lipinski definition) is 7. The van der Waals surface area contributed by atoms with Crippen molar-refractivity contribution in [3.8, 4) is 5.75 Å². The summed E-state index contributed by atoms with van der Waals surface area (Å²) in [5.41, 5.74) is 0.339. The maximum atomic E-state index is 13.5. The van der Waals surface area contributed by atoms with E-state index in [1.54, 1.807) is 32.9 Å². The molecule has 0 saturated heterocycles. The van der Waals surface area contributed by atoms with Crippen LogP contribution in [0.1, 0.15) is 74.0 Å². The molecule has 0 bridgehead atoms. The second kappa shape index (κ2) is 11.0. The first-order chi connectivity index (χ1) is 16.9. The third kappa shape index (κ3) is 6.54. The molecule has 36 heavy (non-hydrogen) atoms. The van der Waals surface area contributed by atoms with Crippen LogP contribution in [0.5, 0.6) is 5.75 Å². The lowest BCUT2D eigenvalue weighted by Crippen LogP contribution is -2.51. The number of nitrogens with one attached hydrogen (secondary N) is 2. The van der Waals surface area contributed by atoms with Gasteiger partial charge in [-0.25, -0.2) is 0 Å². The SMILES string of the molecule is CC(C)c1cc(C(=O)N[C@@H](Cc2ccc(O)c(Cl)c2)C(=O)N[C@H](C(=O)C(C)(C)C)c2ccoc2)no1. The van der Waals surface area contributed by atoms with E-state index in [2.05, 4.69) is 15.8 Å². The van der Waals surface area contributed by atoms with Gasteiger partial charge < -0.3 is 24.7 Å². The zero-order valence-electron chi connectivity index (χ0n) is 20.8. The van der Waals surface area contributed by atoms with E-state index in [-0.39, 0.29) is 34.6 Å². The number of Topliss-reactive ketones (excluding diaryl/α,β-unsaturated/α-hetero) is 1. The Labute approximate surface area is 214 Å². The number of phenolic OH excluding ortho intramolecular Hbond substituents is 1. The smallest absolute Gasteiger partial charge is 0.274 e. The van der Waals surface area contributed by atoms with Crippen LogP contribution in [0.2, 0.25) is 5.02 Å². The normalized spacial score (nSPS) is 13.3. The van der Waals surface area contributed by atoms with Gasteiger partial charge in [0.2, 0.25) is 5.91 Å².